The molecule has 0 bridgehead atoms. The molecule has 5 nitrogen and oxygen atoms in total. The van der Waals surface area contributed by atoms with Gasteiger partial charge in [0.2, 0.25) is 0 Å². The van der Waals surface area contributed by atoms with Gasteiger partial charge in [0, 0.05) is 5.75 Å². The molecule has 152 valence electrons. The Labute approximate surface area is 175 Å². The maximum absolute atomic E-state index is 13.3. The minimum absolute atomic E-state index is 0.0741. The molecule has 1 heterocycles. The Bertz CT molecular complexity index is 934. The molecule has 6 heteroatoms. The predicted molar refractivity (Wildman–Crippen MR) is 117 cm³/mol. The van der Waals surface area contributed by atoms with Crippen molar-refractivity contribution in [3.05, 3.63) is 64.6 Å². The lowest BCUT2D eigenvalue weighted by molar-refractivity contribution is -0.119. The first-order valence-electron chi connectivity index (χ1n) is 9.59. The van der Waals surface area contributed by atoms with Crippen molar-refractivity contribution >= 4 is 34.8 Å². The molecule has 2 aromatic carbocycles. The summed E-state index contributed by atoms with van der Waals surface area (Å²) < 4.78 is 5.71. The number of carbonyl (C=O) groups excluding carboxylic acids is 2. The number of hydrogen-bond donors (Lipinski definition) is 1. The topological polar surface area (TPSA) is 66.8 Å². The third-order valence-corrected chi connectivity index (χ3v) is 5.52. The zero-order chi connectivity index (χ0) is 21.0. The van der Waals surface area contributed by atoms with Crippen LogP contribution in [-0.4, -0.2) is 35.9 Å². The molecule has 0 aromatic heterocycles. The summed E-state index contributed by atoms with van der Waals surface area (Å²) in [6.45, 7) is 6.56. The zero-order valence-corrected chi connectivity index (χ0v) is 17.7. The van der Waals surface area contributed by atoms with Gasteiger partial charge in [-0.05, 0) is 42.2 Å². The Balaban J connectivity index is 1.97. The first kappa shape index (κ1) is 21.1. The molecule has 0 spiro atoms. The van der Waals surface area contributed by atoms with Crippen molar-refractivity contribution in [3.8, 4) is 5.75 Å². The molecule has 2 aromatic rings. The zero-order valence-electron chi connectivity index (χ0n) is 16.8. The molecule has 0 atom stereocenters. The van der Waals surface area contributed by atoms with E-state index in [1.807, 2.05) is 37.3 Å². The fraction of sp³-hybridized carbons (Fsp3) is 0.304. The van der Waals surface area contributed by atoms with Crippen molar-refractivity contribution in [2.24, 2.45) is 5.92 Å². The van der Waals surface area contributed by atoms with Gasteiger partial charge in [-0.25, -0.2) is 4.90 Å². The molecule has 3 rings (SSSR count). The highest BCUT2D eigenvalue weighted by molar-refractivity contribution is 8.04. The van der Waals surface area contributed by atoms with Crippen molar-refractivity contribution in [1.29, 1.82) is 0 Å². The molecule has 1 aliphatic heterocycles. The van der Waals surface area contributed by atoms with Crippen LogP contribution in [0, 0.1) is 12.8 Å². The molecule has 0 saturated heterocycles. The molecule has 0 radical (unpaired) electrons. The molecule has 0 saturated carbocycles. The number of amides is 2. The second kappa shape index (κ2) is 9.29. The number of anilines is 1. The van der Waals surface area contributed by atoms with Crippen LogP contribution in [0.3, 0.4) is 0 Å². The van der Waals surface area contributed by atoms with E-state index in [0.29, 0.717) is 40.0 Å². The van der Waals surface area contributed by atoms with Crippen molar-refractivity contribution in [2.75, 3.05) is 23.9 Å². The van der Waals surface area contributed by atoms with Crippen LogP contribution in [0.1, 0.15) is 25.0 Å². The van der Waals surface area contributed by atoms with E-state index >= 15 is 0 Å². The summed E-state index contributed by atoms with van der Waals surface area (Å²) in [5.74, 6) is 0.781. The molecule has 0 fully saturated rings. The summed E-state index contributed by atoms with van der Waals surface area (Å²) in [5.41, 5.74) is 2.46. The number of aryl methyl sites for hydroxylation is 1. The molecule has 0 aliphatic carbocycles. The van der Waals surface area contributed by atoms with Crippen molar-refractivity contribution < 1.29 is 19.4 Å². The third-order valence-electron chi connectivity index (χ3n) is 4.46. The monoisotopic (exact) mass is 411 g/mol. The Hall–Kier alpha value is -2.57. The van der Waals surface area contributed by atoms with Crippen molar-refractivity contribution in [3.63, 3.8) is 0 Å². The number of carbonyl (C=O) groups is 2. The van der Waals surface area contributed by atoms with E-state index in [4.69, 9.17) is 4.74 Å². The van der Waals surface area contributed by atoms with Gasteiger partial charge in [0.15, 0.2) is 0 Å². The summed E-state index contributed by atoms with van der Waals surface area (Å²) in [4.78, 5) is 28.0. The standard InChI is InChI=1S/C23H25NO4S/c1-15(2)14-28-18-10-8-17(9-11-18)20-21(29-13-12-25)23(27)24(22(20)26)19-7-5-4-6-16(19)3/h4-11,15,25H,12-14H2,1-3H3. The predicted octanol–water partition coefficient (Wildman–Crippen LogP) is 4.04. The van der Waals surface area contributed by atoms with E-state index in [-0.39, 0.29) is 18.4 Å². The number of imide groups is 1. The second-order valence-corrected chi connectivity index (χ2v) is 8.34. The maximum Gasteiger partial charge on any atom is 0.272 e. The number of hydrogen-bond acceptors (Lipinski definition) is 5. The van der Waals surface area contributed by atoms with E-state index in [9.17, 15) is 14.7 Å². The third kappa shape index (κ3) is 4.54. The summed E-state index contributed by atoms with van der Waals surface area (Å²) in [5, 5.41) is 9.23. The van der Waals surface area contributed by atoms with Gasteiger partial charge in [-0.15, -0.1) is 11.8 Å². The van der Waals surface area contributed by atoms with Gasteiger partial charge in [0.1, 0.15) is 5.75 Å². The number of benzene rings is 2. The van der Waals surface area contributed by atoms with E-state index in [1.54, 1.807) is 18.2 Å². The number of aliphatic hydroxyl groups excluding tert-OH is 1. The number of nitrogens with zero attached hydrogens (tertiary/aromatic N) is 1. The SMILES string of the molecule is Cc1ccccc1N1C(=O)C(SCCO)=C(c2ccc(OCC(C)C)cc2)C1=O. The summed E-state index contributed by atoms with van der Waals surface area (Å²) >= 11 is 1.21. The molecular weight excluding hydrogens is 386 g/mol. The van der Waals surface area contributed by atoms with Gasteiger partial charge in [-0.2, -0.15) is 0 Å². The maximum atomic E-state index is 13.3. The van der Waals surface area contributed by atoms with Crippen LogP contribution in [0.2, 0.25) is 0 Å². The van der Waals surface area contributed by atoms with Crippen LogP contribution < -0.4 is 9.64 Å². The lowest BCUT2D eigenvalue weighted by Crippen LogP contribution is -2.31. The van der Waals surface area contributed by atoms with Crippen LogP contribution in [0.4, 0.5) is 5.69 Å². The van der Waals surface area contributed by atoms with Crippen LogP contribution in [-0.2, 0) is 9.59 Å². The molecule has 0 unspecified atom stereocenters. The highest BCUT2D eigenvalue weighted by Gasteiger charge is 2.40. The number of thioether (sulfide) groups is 1. The molecule has 1 aliphatic rings. The molecular formula is C23H25NO4S. The number of ether oxygens (including phenoxy) is 1. The Morgan fingerprint density at radius 1 is 1.03 bits per heavy atom. The minimum atomic E-state index is -0.349. The minimum Gasteiger partial charge on any atom is -0.493 e. The van der Waals surface area contributed by atoms with Gasteiger partial charge in [0.05, 0.1) is 29.4 Å². The Kier molecular flexibility index (Phi) is 6.77. The fourth-order valence-corrected chi connectivity index (χ4v) is 3.92. The number of rotatable bonds is 8. The normalized spacial score (nSPS) is 14.3. The molecule has 29 heavy (non-hydrogen) atoms. The van der Waals surface area contributed by atoms with E-state index in [0.717, 1.165) is 11.3 Å². The van der Waals surface area contributed by atoms with Gasteiger partial charge >= 0.3 is 0 Å². The van der Waals surface area contributed by atoms with Crippen LogP contribution in [0.25, 0.3) is 5.57 Å². The van der Waals surface area contributed by atoms with Crippen LogP contribution >= 0.6 is 11.8 Å². The van der Waals surface area contributed by atoms with E-state index in [2.05, 4.69) is 13.8 Å². The van der Waals surface area contributed by atoms with E-state index < -0.39 is 0 Å². The van der Waals surface area contributed by atoms with Gasteiger partial charge in [-0.3, -0.25) is 9.59 Å². The Morgan fingerprint density at radius 2 is 1.72 bits per heavy atom. The van der Waals surface area contributed by atoms with Crippen LogP contribution in [0.15, 0.2) is 53.4 Å². The number of aliphatic hydroxyl groups is 1. The second-order valence-electron chi connectivity index (χ2n) is 7.24. The fourth-order valence-electron chi connectivity index (χ4n) is 3.06. The molecule has 2 amide bonds. The quantitative estimate of drug-likeness (QED) is 0.664. The first-order valence-corrected chi connectivity index (χ1v) is 10.6. The summed E-state index contributed by atoms with van der Waals surface area (Å²) in [6, 6.07) is 14.5. The first-order chi connectivity index (χ1) is 13.9. The smallest absolute Gasteiger partial charge is 0.272 e. The van der Waals surface area contributed by atoms with Crippen molar-refractivity contribution in [2.45, 2.75) is 20.8 Å². The van der Waals surface area contributed by atoms with E-state index in [1.165, 1.54) is 16.7 Å². The van der Waals surface area contributed by atoms with Gasteiger partial charge in [-0.1, -0.05) is 44.2 Å². The highest BCUT2D eigenvalue weighted by Crippen LogP contribution is 2.39. The van der Waals surface area contributed by atoms with Gasteiger partial charge in [0.25, 0.3) is 11.8 Å². The largest absolute Gasteiger partial charge is 0.493 e. The lowest BCUT2D eigenvalue weighted by atomic mass is 10.1. The van der Waals surface area contributed by atoms with Crippen LogP contribution in [0.5, 0.6) is 5.75 Å². The Morgan fingerprint density at radius 3 is 2.34 bits per heavy atom. The summed E-state index contributed by atoms with van der Waals surface area (Å²) in [6.07, 6.45) is 0. The number of para-hydroxylation sites is 1. The highest BCUT2D eigenvalue weighted by atomic mass is 32.2. The van der Waals surface area contributed by atoms with Crippen molar-refractivity contribution in [1.82, 2.24) is 0 Å². The average Bonchev–Trinajstić information content (AvgIpc) is 2.95. The average molecular weight is 412 g/mol. The summed E-state index contributed by atoms with van der Waals surface area (Å²) in [7, 11) is 0. The lowest BCUT2D eigenvalue weighted by Gasteiger charge is -2.17. The van der Waals surface area contributed by atoms with Gasteiger partial charge < -0.3 is 9.84 Å². The molecule has 1 N–H and O–H groups in total.